The minimum Gasteiger partial charge on any atom is -0.334 e. The van der Waals surface area contributed by atoms with E-state index in [0.717, 1.165) is 17.7 Å². The third kappa shape index (κ3) is 4.43. The summed E-state index contributed by atoms with van der Waals surface area (Å²) < 4.78 is 26.0. The van der Waals surface area contributed by atoms with E-state index in [0.29, 0.717) is 17.1 Å². The second-order valence-electron chi connectivity index (χ2n) is 4.85. The van der Waals surface area contributed by atoms with Crippen LogP contribution >= 0.6 is 11.6 Å². The quantitative estimate of drug-likeness (QED) is 0.870. The molecule has 6 heteroatoms. The van der Waals surface area contributed by atoms with Crippen molar-refractivity contribution in [1.82, 2.24) is 10.6 Å². The highest BCUT2D eigenvalue weighted by Gasteiger charge is 2.11. The van der Waals surface area contributed by atoms with E-state index >= 15 is 0 Å². The van der Waals surface area contributed by atoms with E-state index in [-0.39, 0.29) is 0 Å². The number of hydrogen-bond acceptors (Lipinski definition) is 1. The molecule has 0 aliphatic rings. The summed E-state index contributed by atoms with van der Waals surface area (Å²) in [4.78, 5) is 11.8. The molecule has 0 bridgehead atoms. The summed E-state index contributed by atoms with van der Waals surface area (Å²) in [6.07, 6.45) is 0. The summed E-state index contributed by atoms with van der Waals surface area (Å²) >= 11 is 5.78. The number of amides is 2. The van der Waals surface area contributed by atoms with Crippen molar-refractivity contribution in [1.29, 1.82) is 0 Å². The van der Waals surface area contributed by atoms with Gasteiger partial charge in [-0.2, -0.15) is 0 Å². The molecule has 0 saturated carbocycles. The number of urea groups is 1. The monoisotopic (exact) mass is 324 g/mol. The molecule has 2 aromatic carbocycles. The van der Waals surface area contributed by atoms with Crippen molar-refractivity contribution >= 4 is 17.6 Å². The second kappa shape index (κ2) is 7.22. The maximum Gasteiger partial charge on any atom is 0.315 e. The van der Waals surface area contributed by atoms with Crippen LogP contribution in [-0.4, -0.2) is 6.03 Å². The van der Waals surface area contributed by atoms with Gasteiger partial charge in [0.15, 0.2) is 11.6 Å². The van der Waals surface area contributed by atoms with Crippen LogP contribution in [0.2, 0.25) is 5.02 Å². The molecule has 0 aliphatic carbocycles. The molecule has 2 N–H and O–H groups in total. The lowest BCUT2D eigenvalue weighted by Gasteiger charge is -2.15. The van der Waals surface area contributed by atoms with Crippen molar-refractivity contribution in [3.05, 3.63) is 70.2 Å². The van der Waals surface area contributed by atoms with Crippen LogP contribution in [-0.2, 0) is 6.54 Å². The van der Waals surface area contributed by atoms with E-state index in [1.807, 2.05) is 0 Å². The third-order valence-corrected chi connectivity index (χ3v) is 3.41. The van der Waals surface area contributed by atoms with E-state index in [9.17, 15) is 13.6 Å². The van der Waals surface area contributed by atoms with Crippen LogP contribution in [0.3, 0.4) is 0 Å². The van der Waals surface area contributed by atoms with Crippen LogP contribution in [0.25, 0.3) is 0 Å². The van der Waals surface area contributed by atoms with Crippen molar-refractivity contribution in [3.63, 3.8) is 0 Å². The Hall–Kier alpha value is -2.14. The SMILES string of the molecule is C[C@H](NC(=O)NCc1ccc(Cl)cc1)c1ccc(F)c(F)c1. The number of halogens is 3. The maximum atomic E-state index is 13.2. The molecule has 3 nitrogen and oxygen atoms in total. The van der Waals surface area contributed by atoms with Gasteiger partial charge in [-0.05, 0) is 42.3 Å². The molecule has 0 radical (unpaired) electrons. The van der Waals surface area contributed by atoms with Crippen LogP contribution in [0, 0.1) is 11.6 Å². The van der Waals surface area contributed by atoms with Gasteiger partial charge < -0.3 is 10.6 Å². The Bertz CT molecular complexity index is 662. The summed E-state index contributed by atoms with van der Waals surface area (Å²) in [5.41, 5.74) is 1.39. The molecule has 0 saturated heterocycles. The van der Waals surface area contributed by atoms with Crippen LogP contribution < -0.4 is 10.6 Å². The Labute approximate surface area is 132 Å². The molecule has 2 rings (SSSR count). The third-order valence-electron chi connectivity index (χ3n) is 3.16. The second-order valence-corrected chi connectivity index (χ2v) is 5.29. The van der Waals surface area contributed by atoms with Gasteiger partial charge >= 0.3 is 6.03 Å². The summed E-state index contributed by atoms with van der Waals surface area (Å²) in [6.45, 7) is 2.03. The fourth-order valence-corrected chi connectivity index (χ4v) is 2.02. The van der Waals surface area contributed by atoms with Gasteiger partial charge in [-0.1, -0.05) is 29.8 Å². The molecule has 1 atom stereocenters. The smallest absolute Gasteiger partial charge is 0.315 e. The zero-order chi connectivity index (χ0) is 16.1. The highest BCUT2D eigenvalue weighted by atomic mass is 35.5. The molecule has 2 amide bonds. The Kier molecular flexibility index (Phi) is 5.33. The predicted molar refractivity (Wildman–Crippen MR) is 81.6 cm³/mol. The lowest BCUT2D eigenvalue weighted by molar-refractivity contribution is 0.237. The van der Waals surface area contributed by atoms with Crippen LogP contribution in [0.4, 0.5) is 13.6 Å². The van der Waals surface area contributed by atoms with Gasteiger partial charge in [-0.15, -0.1) is 0 Å². The summed E-state index contributed by atoms with van der Waals surface area (Å²) in [7, 11) is 0. The first-order valence-corrected chi connectivity index (χ1v) is 7.07. The average molecular weight is 325 g/mol. The van der Waals surface area contributed by atoms with E-state index in [4.69, 9.17) is 11.6 Å². The molecule has 0 unspecified atom stereocenters. The zero-order valence-electron chi connectivity index (χ0n) is 11.9. The van der Waals surface area contributed by atoms with Gasteiger partial charge in [0.2, 0.25) is 0 Å². The van der Waals surface area contributed by atoms with Crippen molar-refractivity contribution in [3.8, 4) is 0 Å². The van der Waals surface area contributed by atoms with Gasteiger partial charge in [-0.3, -0.25) is 0 Å². The number of carbonyl (C=O) groups is 1. The van der Waals surface area contributed by atoms with Crippen LogP contribution in [0.15, 0.2) is 42.5 Å². The summed E-state index contributed by atoms with van der Waals surface area (Å²) in [6, 6.07) is 9.78. The molecule has 0 spiro atoms. The summed E-state index contributed by atoms with van der Waals surface area (Å²) in [5.74, 6) is -1.85. The van der Waals surface area contributed by atoms with Gasteiger partial charge in [0.1, 0.15) is 0 Å². The van der Waals surface area contributed by atoms with E-state index in [2.05, 4.69) is 10.6 Å². The highest BCUT2D eigenvalue weighted by Crippen LogP contribution is 2.15. The van der Waals surface area contributed by atoms with Gasteiger partial charge in [-0.25, -0.2) is 13.6 Å². The van der Waals surface area contributed by atoms with Crippen molar-refractivity contribution in [2.24, 2.45) is 0 Å². The maximum absolute atomic E-state index is 13.2. The molecule has 22 heavy (non-hydrogen) atoms. The van der Waals surface area contributed by atoms with Gasteiger partial charge in [0.25, 0.3) is 0 Å². The Balaban J connectivity index is 1.88. The van der Waals surface area contributed by atoms with Gasteiger partial charge in [0, 0.05) is 11.6 Å². The number of carbonyl (C=O) groups excluding carboxylic acids is 1. The van der Waals surface area contributed by atoms with Crippen LogP contribution in [0.1, 0.15) is 24.1 Å². The summed E-state index contributed by atoms with van der Waals surface area (Å²) in [5, 5.41) is 5.97. The molecule has 2 aromatic rings. The number of benzene rings is 2. The van der Waals surface area contributed by atoms with Crippen molar-refractivity contribution in [2.75, 3.05) is 0 Å². The first-order chi connectivity index (χ1) is 10.5. The topological polar surface area (TPSA) is 41.1 Å². The Morgan fingerprint density at radius 2 is 1.82 bits per heavy atom. The number of hydrogen-bond donors (Lipinski definition) is 2. The molecule has 0 fully saturated rings. The minimum atomic E-state index is -0.937. The number of nitrogens with one attached hydrogen (secondary N) is 2. The number of rotatable bonds is 4. The molecular formula is C16H15ClF2N2O. The first-order valence-electron chi connectivity index (χ1n) is 6.69. The lowest BCUT2D eigenvalue weighted by Crippen LogP contribution is -2.36. The van der Waals surface area contributed by atoms with Gasteiger partial charge in [0.05, 0.1) is 6.04 Å². The molecule has 0 aliphatic heterocycles. The fraction of sp³-hybridized carbons (Fsp3) is 0.188. The van der Waals surface area contributed by atoms with Crippen molar-refractivity contribution < 1.29 is 13.6 Å². The Morgan fingerprint density at radius 1 is 1.14 bits per heavy atom. The van der Waals surface area contributed by atoms with E-state index < -0.39 is 23.7 Å². The van der Waals surface area contributed by atoms with E-state index in [1.165, 1.54) is 6.07 Å². The van der Waals surface area contributed by atoms with Crippen molar-refractivity contribution in [2.45, 2.75) is 19.5 Å². The first kappa shape index (κ1) is 16.2. The standard InChI is InChI=1S/C16H15ClF2N2O/c1-10(12-4-7-14(18)15(19)8-12)21-16(22)20-9-11-2-5-13(17)6-3-11/h2-8,10H,9H2,1H3,(H2,20,21,22)/t10-/m0/s1. The molecule has 0 heterocycles. The zero-order valence-corrected chi connectivity index (χ0v) is 12.6. The average Bonchev–Trinajstić information content (AvgIpc) is 2.49. The lowest BCUT2D eigenvalue weighted by atomic mass is 10.1. The minimum absolute atomic E-state index is 0.341. The fourth-order valence-electron chi connectivity index (χ4n) is 1.90. The molecule has 116 valence electrons. The molecule has 0 aromatic heterocycles. The van der Waals surface area contributed by atoms with E-state index in [1.54, 1.807) is 31.2 Å². The Morgan fingerprint density at radius 3 is 2.45 bits per heavy atom. The van der Waals surface area contributed by atoms with Crippen LogP contribution in [0.5, 0.6) is 0 Å². The normalized spacial score (nSPS) is 11.8. The largest absolute Gasteiger partial charge is 0.334 e. The highest BCUT2D eigenvalue weighted by molar-refractivity contribution is 6.30. The predicted octanol–water partition coefficient (Wildman–Crippen LogP) is 4.18. The molecular weight excluding hydrogens is 310 g/mol.